The van der Waals surface area contributed by atoms with Crippen molar-refractivity contribution in [2.45, 2.75) is 58.4 Å². The van der Waals surface area contributed by atoms with Crippen molar-refractivity contribution in [3.63, 3.8) is 0 Å². The van der Waals surface area contributed by atoms with Crippen molar-refractivity contribution in [3.05, 3.63) is 17.0 Å². The first-order chi connectivity index (χ1) is 7.63. The molecule has 1 aliphatic rings. The van der Waals surface area contributed by atoms with Crippen molar-refractivity contribution in [2.75, 3.05) is 0 Å². The van der Waals surface area contributed by atoms with Crippen LogP contribution < -0.4 is 0 Å². The van der Waals surface area contributed by atoms with Crippen LogP contribution in [0.4, 0.5) is 0 Å². The quantitative estimate of drug-likeness (QED) is 0.715. The molecule has 0 saturated heterocycles. The van der Waals surface area contributed by atoms with Crippen molar-refractivity contribution in [3.8, 4) is 0 Å². The molecule has 0 aliphatic heterocycles. The van der Waals surface area contributed by atoms with Gasteiger partial charge in [-0.05, 0) is 45.4 Å². The zero-order valence-electron chi connectivity index (χ0n) is 10.5. The molecular formula is C13H21ClN2. The van der Waals surface area contributed by atoms with Crippen molar-refractivity contribution in [1.29, 1.82) is 0 Å². The van der Waals surface area contributed by atoms with E-state index in [0.717, 1.165) is 11.6 Å². The first kappa shape index (κ1) is 12.0. The summed E-state index contributed by atoms with van der Waals surface area (Å²) in [5.74, 6) is 1.47. The fourth-order valence-corrected chi connectivity index (χ4v) is 3.12. The fraction of sp³-hybridized carbons (Fsp3) is 0.769. The van der Waals surface area contributed by atoms with Crippen molar-refractivity contribution >= 4 is 11.6 Å². The monoisotopic (exact) mass is 240 g/mol. The molecule has 1 saturated carbocycles. The number of hydrogen-bond donors (Lipinski definition) is 0. The van der Waals surface area contributed by atoms with Gasteiger partial charge in [0, 0.05) is 11.3 Å². The highest BCUT2D eigenvalue weighted by atomic mass is 35.5. The van der Waals surface area contributed by atoms with Crippen LogP contribution in [0.15, 0.2) is 0 Å². The van der Waals surface area contributed by atoms with Gasteiger partial charge in [0.15, 0.2) is 0 Å². The Kier molecular flexibility index (Phi) is 3.58. The van der Waals surface area contributed by atoms with Gasteiger partial charge in [-0.25, -0.2) is 0 Å². The third kappa shape index (κ3) is 2.13. The van der Waals surface area contributed by atoms with Crippen LogP contribution in [0, 0.1) is 19.8 Å². The average Bonchev–Trinajstić information content (AvgIpc) is 2.55. The summed E-state index contributed by atoms with van der Waals surface area (Å²) in [6, 6.07) is 0.604. The summed E-state index contributed by atoms with van der Waals surface area (Å²) in [5.41, 5.74) is 3.60. The van der Waals surface area contributed by atoms with Crippen LogP contribution >= 0.6 is 11.6 Å². The maximum atomic E-state index is 5.96. The second-order valence-electron chi connectivity index (χ2n) is 5.14. The molecule has 0 amide bonds. The zero-order chi connectivity index (χ0) is 11.7. The predicted molar refractivity (Wildman–Crippen MR) is 67.9 cm³/mol. The third-order valence-corrected chi connectivity index (χ3v) is 4.21. The number of hydrogen-bond acceptors (Lipinski definition) is 1. The summed E-state index contributed by atoms with van der Waals surface area (Å²) >= 11 is 5.96. The Morgan fingerprint density at radius 2 is 1.88 bits per heavy atom. The van der Waals surface area contributed by atoms with E-state index in [1.54, 1.807) is 0 Å². The molecule has 90 valence electrons. The number of aryl methyl sites for hydroxylation is 1. The lowest BCUT2D eigenvalue weighted by atomic mass is 9.87. The van der Waals surface area contributed by atoms with E-state index in [2.05, 4.69) is 30.6 Å². The van der Waals surface area contributed by atoms with Gasteiger partial charge in [-0.15, -0.1) is 11.6 Å². The van der Waals surface area contributed by atoms with Gasteiger partial charge in [-0.2, -0.15) is 5.10 Å². The highest BCUT2D eigenvalue weighted by Gasteiger charge is 2.23. The molecule has 0 aromatic carbocycles. The SMILES string of the molecule is Cc1nn(C2CCC(C)CC2)c(C)c1CCl. The number of alkyl halides is 1. The van der Waals surface area contributed by atoms with E-state index in [-0.39, 0.29) is 0 Å². The summed E-state index contributed by atoms with van der Waals surface area (Å²) in [6.45, 7) is 6.56. The van der Waals surface area contributed by atoms with E-state index in [4.69, 9.17) is 11.6 Å². The number of rotatable bonds is 2. The second kappa shape index (κ2) is 4.79. The van der Waals surface area contributed by atoms with E-state index in [9.17, 15) is 0 Å². The van der Waals surface area contributed by atoms with Gasteiger partial charge in [0.05, 0.1) is 17.6 Å². The van der Waals surface area contributed by atoms with Crippen molar-refractivity contribution in [2.24, 2.45) is 5.92 Å². The van der Waals surface area contributed by atoms with E-state index in [1.165, 1.54) is 36.9 Å². The summed E-state index contributed by atoms with van der Waals surface area (Å²) in [6.07, 6.45) is 5.20. The fourth-order valence-electron chi connectivity index (χ4n) is 2.73. The largest absolute Gasteiger partial charge is 0.266 e. The molecule has 0 radical (unpaired) electrons. The molecule has 2 nitrogen and oxygen atoms in total. The van der Waals surface area contributed by atoms with Crippen LogP contribution in [-0.2, 0) is 5.88 Å². The van der Waals surface area contributed by atoms with E-state index >= 15 is 0 Å². The third-order valence-electron chi connectivity index (χ3n) is 3.94. The molecule has 16 heavy (non-hydrogen) atoms. The first-order valence-electron chi connectivity index (χ1n) is 6.24. The molecule has 1 fully saturated rings. The molecular weight excluding hydrogens is 220 g/mol. The topological polar surface area (TPSA) is 17.8 Å². The van der Waals surface area contributed by atoms with Crippen LogP contribution in [-0.4, -0.2) is 9.78 Å². The smallest absolute Gasteiger partial charge is 0.0640 e. The second-order valence-corrected chi connectivity index (χ2v) is 5.41. The zero-order valence-corrected chi connectivity index (χ0v) is 11.2. The lowest BCUT2D eigenvalue weighted by Crippen LogP contribution is -2.18. The Bertz CT molecular complexity index is 362. The molecule has 0 atom stereocenters. The molecule has 2 rings (SSSR count). The lowest BCUT2D eigenvalue weighted by molar-refractivity contribution is 0.270. The van der Waals surface area contributed by atoms with Gasteiger partial charge in [-0.3, -0.25) is 4.68 Å². The van der Waals surface area contributed by atoms with Gasteiger partial charge in [0.1, 0.15) is 0 Å². The average molecular weight is 241 g/mol. The van der Waals surface area contributed by atoms with Crippen molar-refractivity contribution < 1.29 is 0 Å². The molecule has 0 unspecified atom stereocenters. The van der Waals surface area contributed by atoms with Gasteiger partial charge < -0.3 is 0 Å². The molecule has 3 heteroatoms. The highest BCUT2D eigenvalue weighted by molar-refractivity contribution is 6.17. The lowest BCUT2D eigenvalue weighted by Gasteiger charge is -2.27. The first-order valence-corrected chi connectivity index (χ1v) is 6.77. The molecule has 1 aromatic heterocycles. The van der Waals surface area contributed by atoms with Gasteiger partial charge in [-0.1, -0.05) is 6.92 Å². The van der Waals surface area contributed by atoms with Crippen molar-refractivity contribution in [1.82, 2.24) is 9.78 Å². The van der Waals surface area contributed by atoms with Crippen LogP contribution in [0.3, 0.4) is 0 Å². The molecule has 1 aromatic rings. The van der Waals surface area contributed by atoms with Crippen LogP contribution in [0.1, 0.15) is 55.6 Å². The summed E-state index contributed by atoms with van der Waals surface area (Å²) in [5, 5.41) is 4.66. The molecule has 1 aliphatic carbocycles. The Morgan fingerprint density at radius 1 is 1.25 bits per heavy atom. The molecule has 0 spiro atoms. The normalized spacial score (nSPS) is 26.0. The Hall–Kier alpha value is -0.500. The summed E-state index contributed by atoms with van der Waals surface area (Å²) < 4.78 is 2.22. The Morgan fingerprint density at radius 3 is 2.38 bits per heavy atom. The standard InChI is InChI=1S/C13H21ClN2/c1-9-4-6-12(7-5-9)16-11(3)13(8-14)10(2)15-16/h9,12H,4-8H2,1-3H3. The minimum Gasteiger partial charge on any atom is -0.266 e. The van der Waals surface area contributed by atoms with E-state index in [1.807, 2.05) is 0 Å². The Labute approximate surface area is 103 Å². The van der Waals surface area contributed by atoms with Gasteiger partial charge >= 0.3 is 0 Å². The minimum absolute atomic E-state index is 0.584. The minimum atomic E-state index is 0.584. The summed E-state index contributed by atoms with van der Waals surface area (Å²) in [7, 11) is 0. The van der Waals surface area contributed by atoms with Gasteiger partial charge in [0.2, 0.25) is 0 Å². The van der Waals surface area contributed by atoms with Crippen LogP contribution in [0.5, 0.6) is 0 Å². The van der Waals surface area contributed by atoms with Crippen LogP contribution in [0.2, 0.25) is 0 Å². The highest BCUT2D eigenvalue weighted by Crippen LogP contribution is 2.33. The summed E-state index contributed by atoms with van der Waals surface area (Å²) in [4.78, 5) is 0. The predicted octanol–water partition coefficient (Wildman–Crippen LogP) is 3.99. The van der Waals surface area contributed by atoms with Gasteiger partial charge in [0.25, 0.3) is 0 Å². The number of halogens is 1. The van der Waals surface area contributed by atoms with E-state index < -0.39 is 0 Å². The molecule has 0 bridgehead atoms. The molecule has 0 N–H and O–H groups in total. The van der Waals surface area contributed by atoms with E-state index in [0.29, 0.717) is 11.9 Å². The Balaban J connectivity index is 2.21. The maximum Gasteiger partial charge on any atom is 0.0640 e. The number of nitrogens with zero attached hydrogens (tertiary/aromatic N) is 2. The number of aromatic nitrogens is 2. The van der Waals surface area contributed by atoms with Crippen LogP contribution in [0.25, 0.3) is 0 Å². The molecule has 1 heterocycles. The maximum absolute atomic E-state index is 5.96.